The standard InChI is InChI=1S/C18H25Cl2N5O3S2/c1-10(2)7-13(9-26)21-16-22-17(25-30(4,27)28)24-18(23-16)29-11(3)14-6-5-12(19)8-15(14)20/h5-6,8,10-11,13,26H,7,9H2,1-4H3,(H2,21,22,23,24,25)/t11-,13-/m1/s1. The van der Waals surface area contributed by atoms with Gasteiger partial charge in [-0.25, -0.2) is 8.42 Å². The van der Waals surface area contributed by atoms with Gasteiger partial charge in [0, 0.05) is 15.3 Å². The van der Waals surface area contributed by atoms with E-state index in [1.165, 1.54) is 11.8 Å². The van der Waals surface area contributed by atoms with E-state index in [4.69, 9.17) is 23.2 Å². The van der Waals surface area contributed by atoms with Crippen LogP contribution in [0.3, 0.4) is 0 Å². The van der Waals surface area contributed by atoms with Crippen molar-refractivity contribution in [2.75, 3.05) is 22.9 Å². The van der Waals surface area contributed by atoms with Gasteiger partial charge in [-0.3, -0.25) is 4.72 Å². The Hall–Kier alpha value is -1.33. The number of aromatic nitrogens is 3. The van der Waals surface area contributed by atoms with Crippen LogP contribution in [0.4, 0.5) is 11.9 Å². The van der Waals surface area contributed by atoms with Crippen molar-refractivity contribution in [2.24, 2.45) is 5.92 Å². The summed E-state index contributed by atoms with van der Waals surface area (Å²) in [4.78, 5) is 12.7. The van der Waals surface area contributed by atoms with E-state index in [1.807, 2.05) is 26.8 Å². The Morgan fingerprint density at radius 1 is 1.13 bits per heavy atom. The average molecular weight is 494 g/mol. The zero-order chi connectivity index (χ0) is 22.5. The SMILES string of the molecule is CC(C)C[C@H](CO)Nc1nc(NS(C)(=O)=O)nc(S[C@H](C)c2ccc(Cl)cc2Cl)n1. The Balaban J connectivity index is 2.33. The van der Waals surface area contributed by atoms with Crippen LogP contribution >= 0.6 is 35.0 Å². The molecule has 0 aliphatic rings. The highest BCUT2D eigenvalue weighted by molar-refractivity contribution is 7.99. The molecule has 0 aliphatic heterocycles. The summed E-state index contributed by atoms with van der Waals surface area (Å²) in [6.07, 6.45) is 1.71. The predicted octanol–water partition coefficient (Wildman–Crippen LogP) is 4.22. The monoisotopic (exact) mass is 493 g/mol. The molecular weight excluding hydrogens is 469 g/mol. The van der Waals surface area contributed by atoms with Crippen LogP contribution in [0.25, 0.3) is 0 Å². The first-order chi connectivity index (χ1) is 14.0. The van der Waals surface area contributed by atoms with E-state index >= 15 is 0 Å². The van der Waals surface area contributed by atoms with E-state index in [0.717, 1.165) is 11.8 Å². The molecule has 30 heavy (non-hydrogen) atoms. The Labute approximate surface area is 191 Å². The van der Waals surface area contributed by atoms with Gasteiger partial charge < -0.3 is 10.4 Å². The van der Waals surface area contributed by atoms with Gasteiger partial charge in [0.15, 0.2) is 5.16 Å². The summed E-state index contributed by atoms with van der Waals surface area (Å²) in [5, 5.41) is 13.9. The summed E-state index contributed by atoms with van der Waals surface area (Å²) in [6, 6.07) is 4.95. The lowest BCUT2D eigenvalue weighted by molar-refractivity contribution is 0.259. The summed E-state index contributed by atoms with van der Waals surface area (Å²) in [5.41, 5.74) is 0.839. The summed E-state index contributed by atoms with van der Waals surface area (Å²) >= 11 is 13.6. The second-order valence-corrected chi connectivity index (χ2v) is 11.1. The molecule has 166 valence electrons. The smallest absolute Gasteiger partial charge is 0.242 e. The maximum atomic E-state index is 11.7. The minimum Gasteiger partial charge on any atom is -0.394 e. The molecule has 0 saturated carbocycles. The summed E-state index contributed by atoms with van der Waals surface area (Å²) in [5.74, 6) is 0.409. The molecule has 8 nitrogen and oxygen atoms in total. The first-order valence-corrected chi connectivity index (χ1v) is 12.7. The van der Waals surface area contributed by atoms with Crippen molar-refractivity contribution >= 4 is 56.9 Å². The first kappa shape index (κ1) is 24.9. The number of aliphatic hydroxyl groups excluding tert-OH is 1. The molecule has 0 amide bonds. The largest absolute Gasteiger partial charge is 0.394 e. The highest BCUT2D eigenvalue weighted by Gasteiger charge is 2.18. The van der Waals surface area contributed by atoms with E-state index in [1.54, 1.807) is 12.1 Å². The van der Waals surface area contributed by atoms with Crippen LogP contribution in [0.2, 0.25) is 10.0 Å². The van der Waals surface area contributed by atoms with E-state index in [0.29, 0.717) is 27.5 Å². The third-order valence-electron chi connectivity index (χ3n) is 3.88. The van der Waals surface area contributed by atoms with Gasteiger partial charge in [-0.15, -0.1) is 0 Å². The third kappa shape index (κ3) is 8.07. The Morgan fingerprint density at radius 2 is 1.80 bits per heavy atom. The molecule has 1 aromatic heterocycles. The number of nitrogens with one attached hydrogen (secondary N) is 2. The van der Waals surface area contributed by atoms with E-state index in [9.17, 15) is 13.5 Å². The maximum Gasteiger partial charge on any atom is 0.242 e. The average Bonchev–Trinajstić information content (AvgIpc) is 2.58. The van der Waals surface area contributed by atoms with Crippen LogP contribution in [0.15, 0.2) is 23.4 Å². The lowest BCUT2D eigenvalue weighted by Gasteiger charge is -2.19. The number of benzene rings is 1. The van der Waals surface area contributed by atoms with Crippen LogP contribution < -0.4 is 10.0 Å². The molecule has 0 spiro atoms. The van der Waals surface area contributed by atoms with Crippen LogP contribution in [0.5, 0.6) is 0 Å². The third-order valence-corrected chi connectivity index (χ3v) is 6.00. The Kier molecular flexibility index (Phi) is 8.98. The minimum absolute atomic E-state index is 0.104. The number of anilines is 2. The zero-order valence-corrected chi connectivity index (χ0v) is 20.2. The Bertz CT molecular complexity index is 976. The highest BCUT2D eigenvalue weighted by atomic mass is 35.5. The molecule has 1 aromatic carbocycles. The van der Waals surface area contributed by atoms with E-state index in [2.05, 4.69) is 25.0 Å². The van der Waals surface area contributed by atoms with Crippen molar-refractivity contribution in [1.82, 2.24) is 15.0 Å². The maximum absolute atomic E-state index is 11.7. The lowest BCUT2D eigenvalue weighted by Crippen LogP contribution is -2.27. The molecule has 0 fully saturated rings. The molecule has 0 aliphatic carbocycles. The molecule has 0 saturated heterocycles. The fourth-order valence-corrected chi connectivity index (χ4v) is 4.66. The van der Waals surface area contributed by atoms with E-state index < -0.39 is 10.0 Å². The molecule has 3 N–H and O–H groups in total. The number of hydrogen-bond donors (Lipinski definition) is 3. The van der Waals surface area contributed by atoms with Crippen molar-refractivity contribution in [2.45, 2.75) is 43.6 Å². The topological polar surface area (TPSA) is 117 Å². The van der Waals surface area contributed by atoms with Crippen molar-refractivity contribution in [3.05, 3.63) is 33.8 Å². The minimum atomic E-state index is -3.58. The van der Waals surface area contributed by atoms with Gasteiger partial charge in [0.2, 0.25) is 21.9 Å². The quantitative estimate of drug-likeness (QED) is 0.421. The van der Waals surface area contributed by atoms with Crippen molar-refractivity contribution in [3.63, 3.8) is 0 Å². The fraction of sp³-hybridized carbons (Fsp3) is 0.500. The van der Waals surface area contributed by atoms with Gasteiger partial charge in [-0.05, 0) is 37.0 Å². The van der Waals surface area contributed by atoms with Crippen LogP contribution in [-0.4, -0.2) is 47.4 Å². The molecule has 2 rings (SSSR count). The van der Waals surface area contributed by atoms with Crippen LogP contribution in [0, 0.1) is 5.92 Å². The summed E-state index contributed by atoms with van der Waals surface area (Å²) in [6.45, 7) is 5.88. The number of thioether (sulfide) groups is 1. The molecule has 2 atom stereocenters. The van der Waals surface area contributed by atoms with Crippen LogP contribution in [0.1, 0.15) is 38.0 Å². The second kappa shape index (κ2) is 10.8. The number of rotatable bonds is 10. The predicted molar refractivity (Wildman–Crippen MR) is 123 cm³/mol. The highest BCUT2D eigenvalue weighted by Crippen LogP contribution is 2.37. The van der Waals surface area contributed by atoms with Gasteiger partial charge in [0.25, 0.3) is 0 Å². The summed E-state index contributed by atoms with van der Waals surface area (Å²) < 4.78 is 25.6. The number of halogens is 2. The zero-order valence-electron chi connectivity index (χ0n) is 17.1. The molecule has 2 aromatic rings. The van der Waals surface area contributed by atoms with Gasteiger partial charge in [0.05, 0.1) is 18.9 Å². The molecule has 0 radical (unpaired) electrons. The summed E-state index contributed by atoms with van der Waals surface area (Å²) in [7, 11) is -3.58. The van der Waals surface area contributed by atoms with Gasteiger partial charge >= 0.3 is 0 Å². The normalized spacial score (nSPS) is 13.9. The van der Waals surface area contributed by atoms with Crippen molar-refractivity contribution in [3.8, 4) is 0 Å². The second-order valence-electron chi connectivity index (χ2n) is 7.22. The number of aliphatic hydroxyl groups is 1. The van der Waals surface area contributed by atoms with Crippen molar-refractivity contribution < 1.29 is 13.5 Å². The van der Waals surface area contributed by atoms with Gasteiger partial charge in [-0.1, -0.05) is 54.9 Å². The van der Waals surface area contributed by atoms with Crippen molar-refractivity contribution in [1.29, 1.82) is 0 Å². The fourth-order valence-electron chi connectivity index (χ4n) is 2.67. The van der Waals surface area contributed by atoms with Crippen LogP contribution in [-0.2, 0) is 10.0 Å². The molecule has 1 heterocycles. The molecule has 12 heteroatoms. The molecule has 0 bridgehead atoms. The first-order valence-electron chi connectivity index (χ1n) is 9.19. The molecule has 0 unspecified atom stereocenters. The number of hydrogen-bond acceptors (Lipinski definition) is 8. The number of nitrogens with zero attached hydrogens (tertiary/aromatic N) is 3. The Morgan fingerprint density at radius 3 is 2.37 bits per heavy atom. The van der Waals surface area contributed by atoms with E-state index in [-0.39, 0.29) is 29.8 Å². The number of sulfonamides is 1. The lowest BCUT2D eigenvalue weighted by atomic mass is 10.0. The molecular formula is C18H25Cl2N5O3S2. The van der Waals surface area contributed by atoms with Gasteiger partial charge in [-0.2, -0.15) is 15.0 Å². The van der Waals surface area contributed by atoms with Gasteiger partial charge in [0.1, 0.15) is 0 Å².